The number of likely N-dealkylation sites (N-methyl/N-ethyl adjacent to an activating group) is 1. The van der Waals surface area contributed by atoms with Gasteiger partial charge in [0.15, 0.2) is 6.29 Å². The molecule has 0 aromatic carbocycles. The number of hydrogen-bond acceptors (Lipinski definition) is 3. The van der Waals surface area contributed by atoms with Gasteiger partial charge in [0.1, 0.15) is 0 Å². The molecule has 0 aliphatic carbocycles. The van der Waals surface area contributed by atoms with Gasteiger partial charge in [-0.25, -0.2) is 0 Å². The Morgan fingerprint density at radius 1 is 1.21 bits per heavy atom. The Morgan fingerprint density at radius 3 is 2.68 bits per heavy atom. The Bertz CT molecular complexity index is 556. The fourth-order valence-electron chi connectivity index (χ4n) is 2.42. The molecular formula is C15H20N2O2. The second-order valence-corrected chi connectivity index (χ2v) is 5.22. The topological polar surface area (TPSA) is 26.1 Å². The van der Waals surface area contributed by atoms with Crippen molar-refractivity contribution in [1.29, 1.82) is 0 Å². The molecule has 4 heteroatoms. The largest absolute Gasteiger partial charge is 0.346 e. The molecule has 0 unspecified atom stereocenters. The maximum absolute atomic E-state index is 5.56. The summed E-state index contributed by atoms with van der Waals surface area (Å²) in [4.78, 5) is 2.20. The standard InChI is InChI=1S/C15H20N2O2/c1-16(2)6-3-12-4-7-17-8-5-13(11-14(12)17)15-18-9-10-19-15/h4-5,7-8,11,15H,3,6,9-10H2,1-2H3. The third-order valence-corrected chi connectivity index (χ3v) is 3.50. The highest BCUT2D eigenvalue weighted by Crippen LogP contribution is 2.25. The Labute approximate surface area is 113 Å². The van der Waals surface area contributed by atoms with Crippen LogP contribution in [-0.4, -0.2) is 43.2 Å². The molecule has 4 nitrogen and oxygen atoms in total. The summed E-state index contributed by atoms with van der Waals surface area (Å²) in [6, 6.07) is 6.44. The first-order valence-electron chi connectivity index (χ1n) is 6.71. The molecule has 2 aromatic rings. The number of hydrogen-bond donors (Lipinski definition) is 0. The third kappa shape index (κ3) is 2.66. The van der Waals surface area contributed by atoms with Crippen LogP contribution in [0.2, 0.25) is 0 Å². The SMILES string of the molecule is CN(C)CCc1ccn2ccc(C3OCCO3)cc12. The summed E-state index contributed by atoms with van der Waals surface area (Å²) in [6.45, 7) is 2.43. The van der Waals surface area contributed by atoms with Gasteiger partial charge in [0.25, 0.3) is 0 Å². The predicted molar refractivity (Wildman–Crippen MR) is 74.3 cm³/mol. The van der Waals surface area contributed by atoms with Crippen molar-refractivity contribution in [3.63, 3.8) is 0 Å². The molecule has 0 atom stereocenters. The highest BCUT2D eigenvalue weighted by molar-refractivity contribution is 5.57. The number of pyridine rings is 1. The van der Waals surface area contributed by atoms with Crippen LogP contribution in [0.15, 0.2) is 30.6 Å². The van der Waals surface area contributed by atoms with Gasteiger partial charge in [-0.3, -0.25) is 0 Å². The number of fused-ring (bicyclic) bond motifs is 1. The van der Waals surface area contributed by atoms with E-state index in [-0.39, 0.29) is 6.29 Å². The van der Waals surface area contributed by atoms with Crippen LogP contribution in [0, 0.1) is 0 Å². The molecule has 3 rings (SSSR count). The summed E-state index contributed by atoms with van der Waals surface area (Å²) in [5.74, 6) is 0. The van der Waals surface area contributed by atoms with Crippen molar-refractivity contribution in [2.45, 2.75) is 12.7 Å². The van der Waals surface area contributed by atoms with E-state index in [9.17, 15) is 0 Å². The molecule has 0 saturated carbocycles. The Balaban J connectivity index is 1.89. The summed E-state index contributed by atoms with van der Waals surface area (Å²) in [7, 11) is 4.20. The molecule has 2 aromatic heterocycles. The predicted octanol–water partition coefficient (Wildman–Crippen LogP) is 2.09. The van der Waals surface area contributed by atoms with Gasteiger partial charge >= 0.3 is 0 Å². The summed E-state index contributed by atoms with van der Waals surface area (Å²) in [5, 5.41) is 0. The van der Waals surface area contributed by atoms with Gasteiger partial charge in [-0.2, -0.15) is 0 Å². The lowest BCUT2D eigenvalue weighted by atomic mass is 10.1. The van der Waals surface area contributed by atoms with Gasteiger partial charge < -0.3 is 18.8 Å². The van der Waals surface area contributed by atoms with E-state index in [1.807, 2.05) is 0 Å². The highest BCUT2D eigenvalue weighted by atomic mass is 16.7. The smallest absolute Gasteiger partial charge is 0.184 e. The summed E-state index contributed by atoms with van der Waals surface area (Å²) in [6.07, 6.45) is 5.05. The second kappa shape index (κ2) is 5.33. The zero-order valence-corrected chi connectivity index (χ0v) is 11.5. The van der Waals surface area contributed by atoms with E-state index in [0.29, 0.717) is 13.2 Å². The maximum atomic E-state index is 5.56. The van der Waals surface area contributed by atoms with Crippen molar-refractivity contribution in [1.82, 2.24) is 9.30 Å². The molecule has 0 amide bonds. The van der Waals surface area contributed by atoms with E-state index in [1.54, 1.807) is 0 Å². The number of rotatable bonds is 4. The molecule has 19 heavy (non-hydrogen) atoms. The Morgan fingerprint density at radius 2 is 1.95 bits per heavy atom. The van der Waals surface area contributed by atoms with Crippen molar-refractivity contribution in [2.75, 3.05) is 33.9 Å². The van der Waals surface area contributed by atoms with Crippen LogP contribution in [0.5, 0.6) is 0 Å². The minimum atomic E-state index is -0.193. The van der Waals surface area contributed by atoms with Gasteiger partial charge in [0, 0.05) is 30.0 Å². The second-order valence-electron chi connectivity index (χ2n) is 5.22. The van der Waals surface area contributed by atoms with Gasteiger partial charge in [-0.1, -0.05) is 0 Å². The van der Waals surface area contributed by atoms with Gasteiger partial charge in [0.2, 0.25) is 0 Å². The Kier molecular flexibility index (Phi) is 3.55. The van der Waals surface area contributed by atoms with Crippen molar-refractivity contribution in [3.05, 3.63) is 41.7 Å². The van der Waals surface area contributed by atoms with Crippen molar-refractivity contribution < 1.29 is 9.47 Å². The number of ether oxygens (including phenoxy) is 2. The zero-order chi connectivity index (χ0) is 13.2. The summed E-state index contributed by atoms with van der Waals surface area (Å²) < 4.78 is 13.3. The van der Waals surface area contributed by atoms with E-state index >= 15 is 0 Å². The average Bonchev–Trinajstić information content (AvgIpc) is 3.05. The van der Waals surface area contributed by atoms with Crippen LogP contribution in [0.4, 0.5) is 0 Å². The van der Waals surface area contributed by atoms with Crippen LogP contribution < -0.4 is 0 Å². The maximum Gasteiger partial charge on any atom is 0.184 e. The molecular weight excluding hydrogens is 240 g/mol. The molecule has 0 radical (unpaired) electrons. The van der Waals surface area contributed by atoms with Crippen LogP contribution in [0.1, 0.15) is 17.4 Å². The first kappa shape index (κ1) is 12.7. The van der Waals surface area contributed by atoms with Crippen molar-refractivity contribution in [2.24, 2.45) is 0 Å². The van der Waals surface area contributed by atoms with E-state index in [2.05, 4.69) is 54.0 Å². The highest BCUT2D eigenvalue weighted by Gasteiger charge is 2.18. The lowest BCUT2D eigenvalue weighted by molar-refractivity contribution is -0.0440. The minimum Gasteiger partial charge on any atom is -0.346 e. The molecule has 102 valence electrons. The number of nitrogens with zero attached hydrogens (tertiary/aromatic N) is 2. The van der Waals surface area contributed by atoms with Crippen LogP contribution in [0.25, 0.3) is 5.52 Å². The lowest BCUT2D eigenvalue weighted by Crippen LogP contribution is -2.14. The molecule has 0 bridgehead atoms. The van der Waals surface area contributed by atoms with E-state index in [1.165, 1.54) is 11.1 Å². The van der Waals surface area contributed by atoms with E-state index in [4.69, 9.17) is 9.47 Å². The summed E-state index contributed by atoms with van der Waals surface area (Å²) in [5.41, 5.74) is 3.72. The first-order valence-corrected chi connectivity index (χ1v) is 6.71. The zero-order valence-electron chi connectivity index (χ0n) is 11.5. The van der Waals surface area contributed by atoms with Crippen LogP contribution in [0.3, 0.4) is 0 Å². The molecule has 0 N–H and O–H groups in total. The molecule has 1 aliphatic heterocycles. The molecule has 1 fully saturated rings. The quantitative estimate of drug-likeness (QED) is 0.842. The van der Waals surface area contributed by atoms with Crippen LogP contribution in [-0.2, 0) is 15.9 Å². The summed E-state index contributed by atoms with van der Waals surface area (Å²) >= 11 is 0. The van der Waals surface area contributed by atoms with Gasteiger partial charge in [-0.15, -0.1) is 0 Å². The third-order valence-electron chi connectivity index (χ3n) is 3.50. The fourth-order valence-corrected chi connectivity index (χ4v) is 2.42. The molecule has 0 spiro atoms. The van der Waals surface area contributed by atoms with E-state index < -0.39 is 0 Å². The van der Waals surface area contributed by atoms with E-state index in [0.717, 1.165) is 18.5 Å². The van der Waals surface area contributed by atoms with Crippen LogP contribution >= 0.6 is 0 Å². The lowest BCUT2D eigenvalue weighted by Gasteiger charge is -2.11. The number of aromatic nitrogens is 1. The fraction of sp³-hybridized carbons (Fsp3) is 0.467. The molecule has 3 heterocycles. The van der Waals surface area contributed by atoms with Crippen molar-refractivity contribution in [3.8, 4) is 0 Å². The Hall–Kier alpha value is -1.36. The van der Waals surface area contributed by atoms with Crippen molar-refractivity contribution >= 4 is 5.52 Å². The van der Waals surface area contributed by atoms with Gasteiger partial charge in [0.05, 0.1) is 13.2 Å². The normalized spacial score (nSPS) is 16.8. The minimum absolute atomic E-state index is 0.193. The van der Waals surface area contributed by atoms with Gasteiger partial charge in [-0.05, 0) is 44.3 Å². The average molecular weight is 260 g/mol. The first-order chi connectivity index (χ1) is 9.24. The molecule has 1 aliphatic rings. The molecule has 1 saturated heterocycles. The monoisotopic (exact) mass is 260 g/mol.